The topological polar surface area (TPSA) is 49.9 Å². The van der Waals surface area contributed by atoms with Crippen LogP contribution in [-0.2, 0) is 36.4 Å². The highest BCUT2D eigenvalue weighted by Crippen LogP contribution is 2.47. The number of ether oxygens (including phenoxy) is 1. The van der Waals surface area contributed by atoms with E-state index in [0.717, 1.165) is 57.3 Å². The van der Waals surface area contributed by atoms with Crippen molar-refractivity contribution in [2.45, 2.75) is 48.2 Å². The molecule has 6 rings (SSSR count). The summed E-state index contributed by atoms with van der Waals surface area (Å²) in [6, 6.07) is 14.1. The van der Waals surface area contributed by atoms with E-state index in [1.54, 1.807) is 0 Å². The largest absolute Gasteiger partial charge is 0.367 e. The molecule has 0 N–H and O–H groups in total. The van der Waals surface area contributed by atoms with Gasteiger partial charge in [-0.1, -0.05) is 53.5 Å². The van der Waals surface area contributed by atoms with Gasteiger partial charge in [-0.2, -0.15) is 0 Å². The molecule has 192 valence electrons. The lowest BCUT2D eigenvalue weighted by Gasteiger charge is -2.45. The molecule has 0 radical (unpaired) electrons. The Balaban J connectivity index is 1.19. The van der Waals surface area contributed by atoms with Crippen LogP contribution in [0, 0.1) is 5.92 Å². The third-order valence-electron chi connectivity index (χ3n) is 8.60. The highest BCUT2D eigenvalue weighted by Gasteiger charge is 2.48. The van der Waals surface area contributed by atoms with Crippen LogP contribution in [0.5, 0.6) is 0 Å². The number of halogens is 2. The van der Waals surface area contributed by atoms with E-state index < -0.39 is 16.4 Å². The summed E-state index contributed by atoms with van der Waals surface area (Å²) in [6.45, 7) is 4.34. The average molecular weight is 548 g/mol. The second-order valence-electron chi connectivity index (χ2n) is 10.7. The van der Waals surface area contributed by atoms with Crippen molar-refractivity contribution in [1.29, 1.82) is 0 Å². The Bertz CT molecular complexity index is 1200. The first-order valence-corrected chi connectivity index (χ1v) is 15.1. The van der Waals surface area contributed by atoms with Crippen LogP contribution in [0.15, 0.2) is 42.5 Å². The Morgan fingerprint density at radius 1 is 1.06 bits per heavy atom. The van der Waals surface area contributed by atoms with E-state index in [9.17, 15) is 9.00 Å². The standard InChI is InChI=1S/C28H32Cl2N2O3S/c29-24-8-7-22(17-25(24)30)27(19-32(15-16-35-27)26(33)20-5-6-20)9-12-31-13-10-28(11-14-31)23-4-2-1-3-21(23)18-36(28)34/h1-4,7-8,17,20H,5-6,9-16,18-19H2/t27-,36?/m0/s1. The summed E-state index contributed by atoms with van der Waals surface area (Å²) in [5, 5.41) is 1.02. The van der Waals surface area contributed by atoms with Crippen LogP contribution in [0.3, 0.4) is 0 Å². The first-order valence-electron chi connectivity index (χ1n) is 13.0. The predicted octanol–water partition coefficient (Wildman–Crippen LogP) is 5.10. The van der Waals surface area contributed by atoms with Crippen molar-refractivity contribution in [2.75, 3.05) is 39.3 Å². The van der Waals surface area contributed by atoms with E-state index in [0.29, 0.717) is 35.5 Å². The minimum Gasteiger partial charge on any atom is -0.367 e. The summed E-state index contributed by atoms with van der Waals surface area (Å²) in [5.74, 6) is 1.11. The van der Waals surface area contributed by atoms with Crippen molar-refractivity contribution >= 4 is 39.9 Å². The molecule has 1 amide bonds. The fraction of sp³-hybridized carbons (Fsp3) is 0.536. The molecule has 2 saturated heterocycles. The van der Waals surface area contributed by atoms with E-state index in [1.807, 2.05) is 29.2 Å². The molecule has 8 heteroatoms. The van der Waals surface area contributed by atoms with Gasteiger partial charge >= 0.3 is 0 Å². The molecule has 0 aromatic heterocycles. The number of hydrogen-bond donors (Lipinski definition) is 0. The molecule has 36 heavy (non-hydrogen) atoms. The molecule has 0 bridgehead atoms. The van der Waals surface area contributed by atoms with Gasteiger partial charge in [0.05, 0.1) is 27.9 Å². The average Bonchev–Trinajstić information content (AvgIpc) is 3.71. The number of likely N-dealkylation sites (tertiary alicyclic amines) is 1. The number of carbonyl (C=O) groups excluding carboxylic acids is 1. The van der Waals surface area contributed by atoms with Gasteiger partial charge in [0.25, 0.3) is 0 Å². The molecule has 3 aliphatic heterocycles. The van der Waals surface area contributed by atoms with Crippen molar-refractivity contribution in [1.82, 2.24) is 9.80 Å². The minimum atomic E-state index is -0.862. The van der Waals surface area contributed by atoms with Gasteiger partial charge in [-0.15, -0.1) is 0 Å². The summed E-state index contributed by atoms with van der Waals surface area (Å²) in [5.41, 5.74) is 2.90. The maximum Gasteiger partial charge on any atom is 0.225 e. The number of nitrogens with zero attached hydrogens (tertiary/aromatic N) is 2. The van der Waals surface area contributed by atoms with Crippen molar-refractivity contribution in [2.24, 2.45) is 5.92 Å². The number of piperidine rings is 1. The smallest absolute Gasteiger partial charge is 0.225 e. The molecular formula is C28H32Cl2N2O3S. The summed E-state index contributed by atoms with van der Waals surface area (Å²) < 4.78 is 19.5. The van der Waals surface area contributed by atoms with Gasteiger partial charge in [-0.05, 0) is 74.0 Å². The number of benzene rings is 2. The Kier molecular flexibility index (Phi) is 6.70. The minimum absolute atomic E-state index is 0.183. The van der Waals surface area contributed by atoms with Crippen LogP contribution >= 0.6 is 23.2 Å². The van der Waals surface area contributed by atoms with E-state index >= 15 is 0 Å². The molecule has 5 nitrogen and oxygen atoms in total. The maximum absolute atomic E-state index is 13.2. The van der Waals surface area contributed by atoms with E-state index in [4.69, 9.17) is 27.9 Å². The van der Waals surface area contributed by atoms with Gasteiger partial charge in [-0.25, -0.2) is 0 Å². The van der Waals surface area contributed by atoms with Crippen LogP contribution < -0.4 is 0 Å². The van der Waals surface area contributed by atoms with Gasteiger partial charge in [0.2, 0.25) is 5.91 Å². The summed E-state index contributed by atoms with van der Waals surface area (Å²) in [7, 11) is -0.862. The zero-order valence-electron chi connectivity index (χ0n) is 20.4. The SMILES string of the molecule is O=C(C1CC1)N1CCO[C@](CCN2CCC3(CC2)c2ccccc2CS3=O)(c2ccc(Cl)c(Cl)c2)C1. The van der Waals surface area contributed by atoms with Gasteiger partial charge in [-0.3, -0.25) is 9.00 Å². The lowest BCUT2D eigenvalue weighted by Crippen LogP contribution is -2.54. The first-order chi connectivity index (χ1) is 17.4. The van der Waals surface area contributed by atoms with E-state index in [-0.39, 0.29) is 16.6 Å². The zero-order chi connectivity index (χ0) is 24.9. The molecule has 2 atom stereocenters. The number of hydrogen-bond acceptors (Lipinski definition) is 4. The summed E-state index contributed by atoms with van der Waals surface area (Å²) in [4.78, 5) is 17.4. The van der Waals surface area contributed by atoms with Crippen molar-refractivity contribution in [3.8, 4) is 0 Å². The Hall–Kier alpha value is -1.44. The fourth-order valence-electron chi connectivity index (χ4n) is 6.28. The predicted molar refractivity (Wildman–Crippen MR) is 144 cm³/mol. The maximum atomic E-state index is 13.2. The van der Waals surface area contributed by atoms with Crippen LogP contribution in [0.25, 0.3) is 0 Å². The highest BCUT2D eigenvalue weighted by molar-refractivity contribution is 7.85. The van der Waals surface area contributed by atoms with Crippen LogP contribution in [0.1, 0.15) is 48.8 Å². The molecular weight excluding hydrogens is 515 g/mol. The number of carbonyl (C=O) groups is 1. The Morgan fingerprint density at radius 2 is 1.83 bits per heavy atom. The lowest BCUT2D eigenvalue weighted by molar-refractivity contribution is -0.156. The second kappa shape index (κ2) is 9.70. The van der Waals surface area contributed by atoms with Crippen LogP contribution in [0.2, 0.25) is 10.0 Å². The van der Waals surface area contributed by atoms with Crippen LogP contribution in [0.4, 0.5) is 0 Å². The lowest BCUT2D eigenvalue weighted by atomic mass is 9.85. The van der Waals surface area contributed by atoms with E-state index in [1.165, 1.54) is 11.1 Å². The molecule has 2 aromatic carbocycles. The molecule has 1 spiro atoms. The third-order valence-corrected chi connectivity index (χ3v) is 11.4. The number of morpholine rings is 1. The summed E-state index contributed by atoms with van der Waals surface area (Å²) in [6.07, 6.45) is 4.56. The van der Waals surface area contributed by atoms with Crippen molar-refractivity contribution < 1.29 is 13.7 Å². The Morgan fingerprint density at radius 3 is 2.58 bits per heavy atom. The zero-order valence-corrected chi connectivity index (χ0v) is 22.7. The van der Waals surface area contributed by atoms with Crippen molar-refractivity contribution in [3.63, 3.8) is 0 Å². The molecule has 4 aliphatic rings. The third kappa shape index (κ3) is 4.43. The number of fused-ring (bicyclic) bond motifs is 2. The Labute approximate surface area is 225 Å². The van der Waals surface area contributed by atoms with Crippen LogP contribution in [-0.4, -0.2) is 59.2 Å². The van der Waals surface area contributed by atoms with Gasteiger partial charge < -0.3 is 14.5 Å². The molecule has 3 fully saturated rings. The molecule has 1 unspecified atom stereocenters. The normalized spacial score (nSPS) is 27.8. The fourth-order valence-corrected chi connectivity index (χ4v) is 8.47. The highest BCUT2D eigenvalue weighted by atomic mass is 35.5. The number of amides is 1. The van der Waals surface area contributed by atoms with Gasteiger partial charge in [0.1, 0.15) is 5.60 Å². The number of rotatable bonds is 5. The van der Waals surface area contributed by atoms with Gasteiger partial charge in [0.15, 0.2) is 0 Å². The summed E-state index contributed by atoms with van der Waals surface area (Å²) >= 11 is 12.6. The second-order valence-corrected chi connectivity index (χ2v) is 13.3. The molecule has 1 saturated carbocycles. The first kappa shape index (κ1) is 24.9. The van der Waals surface area contributed by atoms with Crippen molar-refractivity contribution in [3.05, 3.63) is 69.2 Å². The monoisotopic (exact) mass is 546 g/mol. The van der Waals surface area contributed by atoms with E-state index in [2.05, 4.69) is 23.1 Å². The molecule has 1 aliphatic carbocycles. The quantitative estimate of drug-likeness (QED) is 0.523. The van der Waals surface area contributed by atoms with Gasteiger partial charge in [0, 0.05) is 35.6 Å². The molecule has 3 heterocycles. The molecule has 2 aromatic rings.